The number of ketones is 1. The summed E-state index contributed by atoms with van der Waals surface area (Å²) in [6.45, 7) is 2.31. The molecule has 210 valence electrons. The van der Waals surface area contributed by atoms with E-state index < -0.39 is 29.3 Å². The Balaban J connectivity index is 1.55. The van der Waals surface area contributed by atoms with Crippen molar-refractivity contribution in [2.45, 2.75) is 23.1 Å². The van der Waals surface area contributed by atoms with E-state index in [4.69, 9.17) is 21.1 Å². The Labute approximate surface area is 248 Å². The fourth-order valence-electron chi connectivity index (χ4n) is 4.34. The highest BCUT2D eigenvalue weighted by Gasteiger charge is 2.48. The summed E-state index contributed by atoms with van der Waals surface area (Å²) in [5, 5.41) is 20.5. The van der Waals surface area contributed by atoms with Gasteiger partial charge in [0.15, 0.2) is 15.9 Å². The van der Waals surface area contributed by atoms with Crippen LogP contribution in [0.15, 0.2) is 76.6 Å². The number of rotatable bonds is 9. The van der Waals surface area contributed by atoms with Gasteiger partial charge in [-0.05, 0) is 54.4 Å². The minimum atomic E-state index is -1.05. The van der Waals surface area contributed by atoms with Crippen molar-refractivity contribution in [3.63, 3.8) is 0 Å². The first kappa shape index (κ1) is 28.6. The molecule has 2 heterocycles. The Hall–Kier alpha value is -3.93. The van der Waals surface area contributed by atoms with Gasteiger partial charge in [-0.2, -0.15) is 0 Å². The number of amides is 1. The normalized spacial score (nSPS) is 16.3. The molecule has 5 rings (SSSR count). The Morgan fingerprint density at radius 1 is 1.12 bits per heavy atom. The van der Waals surface area contributed by atoms with Crippen molar-refractivity contribution in [1.82, 2.24) is 10.2 Å². The van der Waals surface area contributed by atoms with Crippen molar-refractivity contribution < 1.29 is 28.6 Å². The Morgan fingerprint density at radius 3 is 2.56 bits per heavy atom. The van der Waals surface area contributed by atoms with Crippen LogP contribution in [0.1, 0.15) is 29.7 Å². The van der Waals surface area contributed by atoms with Crippen LogP contribution < -0.4 is 14.4 Å². The lowest BCUT2D eigenvalue weighted by Gasteiger charge is -2.22. The fraction of sp³-hybridized carbons (Fsp3) is 0.172. The fourth-order valence-corrected chi connectivity index (χ4v) is 6.49. The van der Waals surface area contributed by atoms with Crippen molar-refractivity contribution in [2.24, 2.45) is 0 Å². The molecular formula is C29H23ClFN3O5S2. The van der Waals surface area contributed by atoms with Crippen molar-refractivity contribution in [3.05, 3.63) is 99.8 Å². The maximum Gasteiger partial charge on any atom is 0.301 e. The van der Waals surface area contributed by atoms with Crippen LogP contribution in [0.5, 0.6) is 11.5 Å². The van der Waals surface area contributed by atoms with E-state index in [1.807, 2.05) is 25.1 Å². The van der Waals surface area contributed by atoms with E-state index >= 15 is 0 Å². The molecule has 0 bridgehead atoms. The molecule has 8 nitrogen and oxygen atoms in total. The molecular weight excluding hydrogens is 589 g/mol. The zero-order valence-corrected chi connectivity index (χ0v) is 24.2. The molecule has 0 radical (unpaired) electrons. The average Bonchev–Trinajstić information content (AvgIpc) is 3.54. The molecule has 1 N–H and O–H groups in total. The molecule has 3 aromatic carbocycles. The first-order chi connectivity index (χ1) is 19.8. The summed E-state index contributed by atoms with van der Waals surface area (Å²) < 4.78 is 25.6. The number of halogens is 2. The van der Waals surface area contributed by atoms with Crippen LogP contribution in [0.4, 0.5) is 9.52 Å². The molecule has 1 fully saturated rings. The number of aliphatic hydroxyl groups is 1. The Morgan fingerprint density at radius 2 is 1.88 bits per heavy atom. The molecule has 1 aliphatic heterocycles. The lowest BCUT2D eigenvalue weighted by molar-refractivity contribution is -0.132. The van der Waals surface area contributed by atoms with E-state index in [2.05, 4.69) is 10.2 Å². The van der Waals surface area contributed by atoms with Crippen molar-refractivity contribution >= 4 is 57.3 Å². The predicted molar refractivity (Wildman–Crippen MR) is 156 cm³/mol. The van der Waals surface area contributed by atoms with Gasteiger partial charge < -0.3 is 14.6 Å². The van der Waals surface area contributed by atoms with E-state index in [9.17, 15) is 19.1 Å². The van der Waals surface area contributed by atoms with Gasteiger partial charge in [0.2, 0.25) is 5.13 Å². The highest BCUT2D eigenvalue weighted by atomic mass is 35.5. The largest absolute Gasteiger partial charge is 0.507 e. The second-order valence-electron chi connectivity index (χ2n) is 8.75. The van der Waals surface area contributed by atoms with Gasteiger partial charge in [0.1, 0.15) is 11.5 Å². The molecule has 1 aromatic heterocycles. The number of thioether (sulfide) groups is 1. The summed E-state index contributed by atoms with van der Waals surface area (Å²) >= 11 is 8.79. The number of hydrogen-bond donors (Lipinski definition) is 1. The van der Waals surface area contributed by atoms with E-state index in [1.54, 1.807) is 30.3 Å². The molecule has 0 unspecified atom stereocenters. The zero-order valence-electron chi connectivity index (χ0n) is 21.8. The molecule has 41 heavy (non-hydrogen) atoms. The highest BCUT2D eigenvalue weighted by molar-refractivity contribution is 8.00. The summed E-state index contributed by atoms with van der Waals surface area (Å²) in [6.07, 6.45) is 0. The molecule has 1 aliphatic rings. The number of ether oxygens (including phenoxy) is 2. The standard InChI is InChI=1S/C29H23ClFN3O5S2/c1-3-39-19-11-8-16(9-12-19)24-23(25(35)17-10-13-22(38-2)21(31)14-17)26(36)27(37)34(24)28-32-33-29(41-28)40-15-18-6-4-5-7-20(18)30/h4-14,24,35H,3,15H2,1-2H3/t24-/m0/s1. The van der Waals surface area contributed by atoms with E-state index in [-0.39, 0.29) is 22.0 Å². The summed E-state index contributed by atoms with van der Waals surface area (Å²) in [5.41, 5.74) is 1.25. The summed E-state index contributed by atoms with van der Waals surface area (Å²) in [6, 6.07) is 17.0. The highest BCUT2D eigenvalue weighted by Crippen LogP contribution is 2.44. The van der Waals surface area contributed by atoms with Crippen LogP contribution in [0.25, 0.3) is 5.76 Å². The number of hydrogen-bond acceptors (Lipinski definition) is 9. The first-order valence-electron chi connectivity index (χ1n) is 12.4. The number of benzene rings is 3. The van der Waals surface area contributed by atoms with Gasteiger partial charge in [0.25, 0.3) is 5.78 Å². The molecule has 0 saturated carbocycles. The molecule has 4 aromatic rings. The lowest BCUT2D eigenvalue weighted by atomic mass is 9.95. The summed E-state index contributed by atoms with van der Waals surface area (Å²) in [7, 11) is 1.32. The smallest absolute Gasteiger partial charge is 0.301 e. The van der Waals surface area contributed by atoms with Gasteiger partial charge >= 0.3 is 5.91 Å². The third-order valence-electron chi connectivity index (χ3n) is 6.29. The van der Waals surface area contributed by atoms with Gasteiger partial charge in [-0.1, -0.05) is 65.0 Å². The molecule has 1 saturated heterocycles. The van der Waals surface area contributed by atoms with Gasteiger partial charge in [-0.3, -0.25) is 14.5 Å². The van der Waals surface area contributed by atoms with Crippen molar-refractivity contribution in [3.8, 4) is 11.5 Å². The number of aromatic nitrogens is 2. The minimum absolute atomic E-state index is 0.0190. The van der Waals surface area contributed by atoms with E-state index in [0.717, 1.165) is 23.0 Å². The van der Waals surface area contributed by atoms with Crippen molar-refractivity contribution in [2.75, 3.05) is 18.6 Å². The molecule has 12 heteroatoms. The SMILES string of the molecule is CCOc1ccc([C@H]2C(=C(O)c3ccc(OC)c(F)c3)C(=O)C(=O)N2c2nnc(SCc3ccccc3Cl)s2)cc1. The summed E-state index contributed by atoms with van der Waals surface area (Å²) in [5.74, 6) is -1.98. The Bertz CT molecular complexity index is 1640. The molecule has 0 spiro atoms. The van der Waals surface area contributed by atoms with Crippen LogP contribution >= 0.6 is 34.7 Å². The maximum atomic E-state index is 14.5. The first-order valence-corrected chi connectivity index (χ1v) is 14.6. The number of anilines is 1. The second kappa shape index (κ2) is 12.3. The van der Waals surface area contributed by atoms with E-state index in [0.29, 0.717) is 33.0 Å². The average molecular weight is 612 g/mol. The monoisotopic (exact) mass is 611 g/mol. The number of nitrogens with zero attached hydrogens (tertiary/aromatic N) is 3. The topological polar surface area (TPSA) is 102 Å². The molecule has 1 amide bonds. The van der Waals surface area contributed by atoms with Gasteiger partial charge in [0.05, 0.1) is 25.3 Å². The van der Waals surface area contributed by atoms with Gasteiger partial charge in [-0.25, -0.2) is 4.39 Å². The third-order valence-corrected chi connectivity index (χ3v) is 8.76. The number of aliphatic hydroxyl groups excluding tert-OH is 1. The number of carbonyl (C=O) groups is 2. The van der Waals surface area contributed by atoms with Gasteiger partial charge in [0, 0.05) is 16.3 Å². The zero-order chi connectivity index (χ0) is 29.1. The van der Waals surface area contributed by atoms with Crippen LogP contribution in [-0.4, -0.2) is 40.7 Å². The second-order valence-corrected chi connectivity index (χ2v) is 11.3. The van der Waals surface area contributed by atoms with E-state index in [1.165, 1.54) is 35.9 Å². The van der Waals surface area contributed by atoms with Crippen LogP contribution in [0.2, 0.25) is 5.02 Å². The number of Topliss-reactive ketones (excluding diaryl/α,β-unsaturated/α-hetero) is 1. The number of carbonyl (C=O) groups excluding carboxylic acids is 2. The summed E-state index contributed by atoms with van der Waals surface area (Å²) in [4.78, 5) is 28.0. The molecule has 1 atom stereocenters. The maximum absolute atomic E-state index is 14.5. The minimum Gasteiger partial charge on any atom is -0.507 e. The van der Waals surface area contributed by atoms with Crippen LogP contribution in [0.3, 0.4) is 0 Å². The van der Waals surface area contributed by atoms with Crippen molar-refractivity contribution in [1.29, 1.82) is 0 Å². The quantitative estimate of drug-likeness (QED) is 0.0737. The third kappa shape index (κ3) is 5.79. The Kier molecular flexibility index (Phi) is 8.57. The van der Waals surface area contributed by atoms with Gasteiger partial charge in [-0.15, -0.1) is 10.2 Å². The number of methoxy groups -OCH3 is 1. The van der Waals surface area contributed by atoms with Crippen LogP contribution in [0, 0.1) is 5.82 Å². The lowest BCUT2D eigenvalue weighted by Crippen LogP contribution is -2.29. The predicted octanol–water partition coefficient (Wildman–Crippen LogP) is 6.66. The van der Waals surface area contributed by atoms with Crippen LogP contribution in [-0.2, 0) is 15.3 Å². The molecule has 0 aliphatic carbocycles.